The largest absolute Gasteiger partial charge is 0.453 e. The maximum absolute atomic E-state index is 13.4. The Morgan fingerprint density at radius 2 is 1.38 bits per heavy atom. The molecule has 0 spiro atoms. The smallest absolute Gasteiger partial charge is 0.407 e. The number of methoxy groups -OCH3 is 2. The van der Waals surface area contributed by atoms with Gasteiger partial charge in [0.15, 0.2) is 0 Å². The molecule has 14 nitrogen and oxygen atoms in total. The molecule has 14 heteroatoms. The van der Waals surface area contributed by atoms with Crippen molar-refractivity contribution in [2.45, 2.75) is 59.7 Å². The first-order valence-electron chi connectivity index (χ1n) is 16.7. The van der Waals surface area contributed by atoms with Crippen molar-refractivity contribution in [2.24, 2.45) is 5.92 Å². The zero-order valence-electron chi connectivity index (χ0n) is 29.7. The number of nitrogens with zero attached hydrogens (tertiary/aromatic N) is 3. The van der Waals surface area contributed by atoms with E-state index in [1.54, 1.807) is 11.1 Å². The lowest BCUT2D eigenvalue weighted by Gasteiger charge is -2.28. The van der Waals surface area contributed by atoms with E-state index < -0.39 is 18.2 Å². The Labute approximate surface area is 293 Å². The number of benzene rings is 2. The Kier molecular flexibility index (Phi) is 15.3. The first-order valence-corrected chi connectivity index (χ1v) is 16.7. The summed E-state index contributed by atoms with van der Waals surface area (Å²) in [5.74, 6) is -0.355. The van der Waals surface area contributed by atoms with Crippen LogP contribution in [0.3, 0.4) is 0 Å². The molecule has 1 aromatic heterocycles. The highest BCUT2D eigenvalue weighted by Crippen LogP contribution is 2.25. The van der Waals surface area contributed by atoms with Crippen LogP contribution < -0.4 is 16.0 Å². The minimum Gasteiger partial charge on any atom is -0.453 e. The van der Waals surface area contributed by atoms with Gasteiger partial charge in [0.2, 0.25) is 17.7 Å². The number of aromatic amines is 1. The molecule has 1 heterocycles. The molecule has 2 aromatic carbocycles. The van der Waals surface area contributed by atoms with E-state index >= 15 is 0 Å². The lowest BCUT2D eigenvalue weighted by atomic mass is 10.0. The van der Waals surface area contributed by atoms with E-state index in [1.807, 2.05) is 76.2 Å². The summed E-state index contributed by atoms with van der Waals surface area (Å²) >= 11 is 0. The maximum Gasteiger partial charge on any atom is 0.407 e. The Morgan fingerprint density at radius 3 is 1.96 bits per heavy atom. The van der Waals surface area contributed by atoms with Gasteiger partial charge in [-0.05, 0) is 41.0 Å². The monoisotopic (exact) mass is 691 g/mol. The van der Waals surface area contributed by atoms with E-state index in [1.165, 1.54) is 19.1 Å². The number of carbonyl (C=O) groups excluding carboxylic acids is 5. The summed E-state index contributed by atoms with van der Waals surface area (Å²) in [6.07, 6.45) is 1.80. The molecule has 5 amide bonds. The predicted molar refractivity (Wildman–Crippen MR) is 188 cm³/mol. The van der Waals surface area contributed by atoms with E-state index in [0.29, 0.717) is 31.9 Å². The molecule has 0 aliphatic rings. The summed E-state index contributed by atoms with van der Waals surface area (Å²) in [6, 6.07) is 15.1. The molecule has 0 saturated heterocycles. The molecule has 270 valence electrons. The normalized spacial score (nSPS) is 11.3. The standard InChI is InChI=1S/C36H49N7O7/c1-7-17-42(32(45)21-39-35(47)49-5)23-31(44)38-19-25-9-11-26(12-10-25)27-13-15-28(16-14-27)29-20-37-30(40-29)22-43(18-8-2)34(46)33(24(3)4)41-36(48)50-6/h9-16,20,24,33H,7-8,17-19,21-23H2,1-6H3,(H,37,40)(H,38,44)(H,39,47)(H,41,48). The Hall–Kier alpha value is -5.40. The van der Waals surface area contributed by atoms with Crippen molar-refractivity contribution >= 4 is 29.9 Å². The van der Waals surface area contributed by atoms with Crippen molar-refractivity contribution in [3.8, 4) is 22.4 Å². The second kappa shape index (κ2) is 19.6. The number of amides is 5. The average Bonchev–Trinajstić information content (AvgIpc) is 3.59. The highest BCUT2D eigenvalue weighted by atomic mass is 16.5. The van der Waals surface area contributed by atoms with Crippen LogP contribution in [-0.2, 0) is 36.9 Å². The molecule has 3 aromatic rings. The average molecular weight is 692 g/mol. The van der Waals surface area contributed by atoms with Crippen LogP contribution in [0.25, 0.3) is 22.4 Å². The zero-order valence-corrected chi connectivity index (χ0v) is 29.7. The second-order valence-electron chi connectivity index (χ2n) is 12.1. The van der Waals surface area contributed by atoms with Gasteiger partial charge in [-0.25, -0.2) is 14.6 Å². The summed E-state index contributed by atoms with van der Waals surface area (Å²) in [5, 5.41) is 7.85. The minimum absolute atomic E-state index is 0.111. The van der Waals surface area contributed by atoms with Crippen LogP contribution in [-0.4, -0.2) is 96.1 Å². The fourth-order valence-electron chi connectivity index (χ4n) is 5.18. The molecule has 0 aliphatic carbocycles. The topological polar surface area (TPSA) is 175 Å². The van der Waals surface area contributed by atoms with E-state index in [9.17, 15) is 24.0 Å². The molecule has 4 N–H and O–H groups in total. The third kappa shape index (κ3) is 11.6. The molecule has 1 unspecified atom stereocenters. The quantitative estimate of drug-likeness (QED) is 0.164. The number of aromatic nitrogens is 2. The van der Waals surface area contributed by atoms with Crippen LogP contribution in [0.5, 0.6) is 0 Å². The number of alkyl carbamates (subject to hydrolysis) is 2. The predicted octanol–water partition coefficient (Wildman–Crippen LogP) is 4.07. The molecule has 50 heavy (non-hydrogen) atoms. The SMILES string of the molecule is CCCN(CC(=O)NCc1ccc(-c2ccc(-c3cnc(CN(CCC)C(=O)C(NC(=O)OC)C(C)C)[nH]3)cc2)cc1)C(=O)CNC(=O)OC. The first kappa shape index (κ1) is 39.0. The molecule has 3 rings (SSSR count). The summed E-state index contributed by atoms with van der Waals surface area (Å²) in [4.78, 5) is 72.5. The molecule has 0 radical (unpaired) electrons. The van der Waals surface area contributed by atoms with Crippen molar-refractivity contribution < 1.29 is 33.4 Å². The molecule has 0 saturated carbocycles. The van der Waals surface area contributed by atoms with Gasteiger partial charge in [-0.15, -0.1) is 0 Å². The lowest BCUT2D eigenvalue weighted by molar-refractivity contribution is -0.135. The number of imidazole rings is 1. The molecule has 1 atom stereocenters. The first-order chi connectivity index (χ1) is 24.0. The number of hydrogen-bond donors (Lipinski definition) is 4. The van der Waals surface area contributed by atoms with Crippen molar-refractivity contribution in [2.75, 3.05) is 40.4 Å². The van der Waals surface area contributed by atoms with Crippen LogP contribution >= 0.6 is 0 Å². The molecular weight excluding hydrogens is 642 g/mol. The van der Waals surface area contributed by atoms with Gasteiger partial charge in [-0.3, -0.25) is 14.4 Å². The summed E-state index contributed by atoms with van der Waals surface area (Å²) in [7, 11) is 2.48. The van der Waals surface area contributed by atoms with Gasteiger partial charge in [-0.2, -0.15) is 0 Å². The second-order valence-corrected chi connectivity index (χ2v) is 12.1. The summed E-state index contributed by atoms with van der Waals surface area (Å²) < 4.78 is 9.20. The van der Waals surface area contributed by atoms with E-state index in [0.717, 1.165) is 34.4 Å². The van der Waals surface area contributed by atoms with Gasteiger partial charge in [0.1, 0.15) is 18.4 Å². The van der Waals surface area contributed by atoms with Gasteiger partial charge < -0.3 is 40.2 Å². The van der Waals surface area contributed by atoms with Crippen LogP contribution in [0.15, 0.2) is 54.7 Å². The highest BCUT2D eigenvalue weighted by Gasteiger charge is 2.29. The number of hydrogen-bond acceptors (Lipinski definition) is 8. The summed E-state index contributed by atoms with van der Waals surface area (Å²) in [5.41, 5.74) is 4.67. The maximum atomic E-state index is 13.4. The third-order valence-corrected chi connectivity index (χ3v) is 7.89. The zero-order chi connectivity index (χ0) is 36.6. The molecule has 0 aliphatic heterocycles. The van der Waals surface area contributed by atoms with Crippen molar-refractivity contribution in [3.63, 3.8) is 0 Å². The number of rotatable bonds is 17. The van der Waals surface area contributed by atoms with Gasteiger partial charge >= 0.3 is 12.2 Å². The Morgan fingerprint density at radius 1 is 0.800 bits per heavy atom. The van der Waals surface area contributed by atoms with Crippen molar-refractivity contribution in [3.05, 3.63) is 66.1 Å². The van der Waals surface area contributed by atoms with Gasteiger partial charge in [-0.1, -0.05) is 76.2 Å². The molecule has 0 fully saturated rings. The van der Waals surface area contributed by atoms with Gasteiger partial charge in [0, 0.05) is 19.6 Å². The fraction of sp³-hybridized carbons (Fsp3) is 0.444. The van der Waals surface area contributed by atoms with E-state index in [4.69, 9.17) is 4.74 Å². The number of ether oxygens (including phenoxy) is 2. The van der Waals surface area contributed by atoms with E-state index in [2.05, 4.69) is 30.7 Å². The van der Waals surface area contributed by atoms with Crippen LogP contribution in [0, 0.1) is 5.92 Å². The number of nitrogens with one attached hydrogen (secondary N) is 4. The summed E-state index contributed by atoms with van der Waals surface area (Å²) in [6.45, 7) is 8.75. The highest BCUT2D eigenvalue weighted by molar-refractivity contribution is 5.87. The fourth-order valence-corrected chi connectivity index (χ4v) is 5.18. The van der Waals surface area contributed by atoms with Crippen molar-refractivity contribution in [1.82, 2.24) is 35.7 Å². The molecular formula is C36H49N7O7. The molecule has 0 bridgehead atoms. The van der Waals surface area contributed by atoms with Crippen LogP contribution in [0.4, 0.5) is 9.59 Å². The van der Waals surface area contributed by atoms with Crippen LogP contribution in [0.1, 0.15) is 51.9 Å². The van der Waals surface area contributed by atoms with Gasteiger partial charge in [0.05, 0.1) is 39.2 Å². The third-order valence-electron chi connectivity index (χ3n) is 7.89. The number of H-pyrrole nitrogens is 1. The van der Waals surface area contributed by atoms with Crippen LogP contribution in [0.2, 0.25) is 0 Å². The minimum atomic E-state index is -0.716. The van der Waals surface area contributed by atoms with Crippen molar-refractivity contribution in [1.29, 1.82) is 0 Å². The Bertz CT molecular complexity index is 1570. The number of carbonyl (C=O) groups is 5. The lowest BCUT2D eigenvalue weighted by Crippen LogP contribution is -2.51. The Balaban J connectivity index is 1.58. The van der Waals surface area contributed by atoms with Gasteiger partial charge in [0.25, 0.3) is 0 Å². The van der Waals surface area contributed by atoms with E-state index in [-0.39, 0.29) is 43.3 Å².